The second kappa shape index (κ2) is 8.85. The molecule has 0 fully saturated rings. The van der Waals surface area contributed by atoms with E-state index in [1.54, 1.807) is 18.5 Å². The summed E-state index contributed by atoms with van der Waals surface area (Å²) in [6, 6.07) is 1.75. The molecule has 1 N–H and O–H groups in total. The Kier molecular flexibility index (Phi) is 7.83. The average Bonchev–Trinajstić information content (AvgIpc) is 2.88. The fraction of sp³-hybridized carbons (Fsp3) is 0.714. The van der Waals surface area contributed by atoms with E-state index in [4.69, 9.17) is 4.74 Å². The summed E-state index contributed by atoms with van der Waals surface area (Å²) in [5, 5.41) is 4.98. The summed E-state index contributed by atoms with van der Waals surface area (Å²) in [7, 11) is -1.82. The van der Waals surface area contributed by atoms with Gasteiger partial charge in [0.1, 0.15) is 0 Å². The maximum Gasteiger partial charge on any atom is 0.243 e. The molecule has 0 amide bonds. The van der Waals surface area contributed by atoms with Gasteiger partial charge in [-0.25, -0.2) is 8.42 Å². The summed E-state index contributed by atoms with van der Waals surface area (Å²) in [5.74, 6) is 0. The van der Waals surface area contributed by atoms with Gasteiger partial charge in [0.2, 0.25) is 10.0 Å². The van der Waals surface area contributed by atoms with Gasteiger partial charge in [-0.1, -0.05) is 6.92 Å². The Labute approximate surface area is 132 Å². The van der Waals surface area contributed by atoms with E-state index in [-0.39, 0.29) is 6.10 Å². The van der Waals surface area contributed by atoms with Crippen LogP contribution in [0.25, 0.3) is 0 Å². The predicted octanol–water partition coefficient (Wildman–Crippen LogP) is 2.29. The first-order valence-corrected chi connectivity index (χ1v) is 9.56. The molecule has 5 nitrogen and oxygen atoms in total. The molecule has 0 saturated heterocycles. The van der Waals surface area contributed by atoms with Gasteiger partial charge in [-0.05, 0) is 32.9 Å². The average molecular weight is 335 g/mol. The van der Waals surface area contributed by atoms with Gasteiger partial charge in [0.05, 0.1) is 17.6 Å². The number of thiophene rings is 1. The maximum absolute atomic E-state index is 12.4. The third kappa shape index (κ3) is 6.04. The van der Waals surface area contributed by atoms with E-state index < -0.39 is 10.0 Å². The molecule has 122 valence electrons. The van der Waals surface area contributed by atoms with Crippen molar-refractivity contribution >= 4 is 21.4 Å². The van der Waals surface area contributed by atoms with Crippen LogP contribution in [-0.2, 0) is 21.3 Å². The van der Waals surface area contributed by atoms with Crippen LogP contribution >= 0.6 is 11.3 Å². The van der Waals surface area contributed by atoms with Crippen molar-refractivity contribution in [3.05, 3.63) is 16.3 Å². The Morgan fingerprint density at radius 3 is 2.76 bits per heavy atom. The summed E-state index contributed by atoms with van der Waals surface area (Å²) in [6.07, 6.45) is 1.17. The molecule has 0 bridgehead atoms. The number of nitrogens with zero attached hydrogens (tertiary/aromatic N) is 1. The van der Waals surface area contributed by atoms with E-state index in [0.717, 1.165) is 17.8 Å². The fourth-order valence-corrected chi connectivity index (χ4v) is 4.08. The van der Waals surface area contributed by atoms with E-state index in [1.807, 2.05) is 13.8 Å². The van der Waals surface area contributed by atoms with E-state index in [1.165, 1.54) is 15.6 Å². The lowest BCUT2D eigenvalue weighted by Crippen LogP contribution is -2.30. The van der Waals surface area contributed by atoms with Crippen LogP contribution in [0.2, 0.25) is 0 Å². The zero-order valence-electron chi connectivity index (χ0n) is 13.3. The quantitative estimate of drug-likeness (QED) is 0.667. The van der Waals surface area contributed by atoms with Crippen molar-refractivity contribution in [1.82, 2.24) is 9.62 Å². The fourth-order valence-electron chi connectivity index (χ4n) is 1.69. The first kappa shape index (κ1) is 18.6. The number of rotatable bonds is 10. The SMILES string of the molecule is CCCNCc1cc(S(=O)(=O)N(C)CCOC(C)C)cs1. The van der Waals surface area contributed by atoms with Crippen LogP contribution in [0, 0.1) is 0 Å². The van der Waals surface area contributed by atoms with Gasteiger partial charge in [-0.15, -0.1) is 11.3 Å². The molecular weight excluding hydrogens is 308 g/mol. The minimum atomic E-state index is -3.41. The van der Waals surface area contributed by atoms with Crippen molar-refractivity contribution in [1.29, 1.82) is 0 Å². The molecule has 0 aliphatic carbocycles. The molecule has 21 heavy (non-hydrogen) atoms. The molecule has 1 rings (SSSR count). The Bertz CT molecular complexity index is 512. The zero-order valence-corrected chi connectivity index (χ0v) is 14.9. The molecule has 0 aliphatic rings. The minimum absolute atomic E-state index is 0.110. The highest BCUT2D eigenvalue weighted by Gasteiger charge is 2.22. The van der Waals surface area contributed by atoms with E-state index >= 15 is 0 Å². The molecule has 7 heteroatoms. The molecular formula is C14H26N2O3S2. The number of hydrogen-bond acceptors (Lipinski definition) is 5. The number of hydrogen-bond donors (Lipinski definition) is 1. The first-order chi connectivity index (χ1) is 9.87. The van der Waals surface area contributed by atoms with Gasteiger partial charge >= 0.3 is 0 Å². The van der Waals surface area contributed by atoms with Gasteiger partial charge < -0.3 is 10.1 Å². The summed E-state index contributed by atoms with van der Waals surface area (Å²) in [4.78, 5) is 1.40. The van der Waals surface area contributed by atoms with E-state index in [2.05, 4.69) is 12.2 Å². The topological polar surface area (TPSA) is 58.6 Å². The first-order valence-electron chi connectivity index (χ1n) is 7.24. The summed E-state index contributed by atoms with van der Waals surface area (Å²) >= 11 is 1.47. The second-order valence-electron chi connectivity index (χ2n) is 5.17. The molecule has 0 atom stereocenters. The number of likely N-dealkylation sites (N-methyl/N-ethyl adjacent to an activating group) is 1. The Hall–Kier alpha value is -0.470. The highest BCUT2D eigenvalue weighted by molar-refractivity contribution is 7.89. The molecule has 0 unspecified atom stereocenters. The van der Waals surface area contributed by atoms with Gasteiger partial charge in [0, 0.05) is 30.4 Å². The molecule has 1 heterocycles. The van der Waals surface area contributed by atoms with Crippen LogP contribution in [-0.4, -0.2) is 45.6 Å². The Balaban J connectivity index is 2.60. The molecule has 1 aromatic rings. The number of ether oxygens (including phenoxy) is 1. The van der Waals surface area contributed by atoms with Crippen molar-refractivity contribution < 1.29 is 13.2 Å². The van der Waals surface area contributed by atoms with Crippen LogP contribution in [0.1, 0.15) is 32.1 Å². The van der Waals surface area contributed by atoms with Crippen LogP contribution in [0.5, 0.6) is 0 Å². The van der Waals surface area contributed by atoms with Gasteiger partial charge in [0.15, 0.2) is 0 Å². The monoisotopic (exact) mass is 334 g/mol. The van der Waals surface area contributed by atoms with Crippen LogP contribution in [0.15, 0.2) is 16.3 Å². The third-order valence-electron chi connectivity index (χ3n) is 2.92. The standard InChI is InChI=1S/C14H26N2O3S2/c1-5-6-15-10-13-9-14(11-20-13)21(17,18)16(4)7-8-19-12(2)3/h9,11-12,15H,5-8,10H2,1-4H3. The zero-order chi connectivity index (χ0) is 15.9. The lowest BCUT2D eigenvalue weighted by atomic mass is 10.4. The lowest BCUT2D eigenvalue weighted by molar-refractivity contribution is 0.0737. The van der Waals surface area contributed by atoms with Crippen molar-refractivity contribution in [2.75, 3.05) is 26.7 Å². The van der Waals surface area contributed by atoms with Gasteiger partial charge in [-0.3, -0.25) is 0 Å². The Morgan fingerprint density at radius 2 is 2.14 bits per heavy atom. The molecule has 0 aliphatic heterocycles. The minimum Gasteiger partial charge on any atom is -0.377 e. The van der Waals surface area contributed by atoms with Crippen molar-refractivity contribution in [2.45, 2.75) is 44.7 Å². The predicted molar refractivity (Wildman–Crippen MR) is 87.2 cm³/mol. The molecule has 1 aromatic heterocycles. The number of sulfonamides is 1. The highest BCUT2D eigenvalue weighted by Crippen LogP contribution is 2.21. The van der Waals surface area contributed by atoms with Crippen molar-refractivity contribution in [3.8, 4) is 0 Å². The van der Waals surface area contributed by atoms with E-state index in [0.29, 0.717) is 24.6 Å². The van der Waals surface area contributed by atoms with Crippen LogP contribution in [0.4, 0.5) is 0 Å². The van der Waals surface area contributed by atoms with Crippen LogP contribution in [0.3, 0.4) is 0 Å². The van der Waals surface area contributed by atoms with E-state index in [9.17, 15) is 8.42 Å². The molecule has 0 saturated carbocycles. The second-order valence-corrected chi connectivity index (χ2v) is 8.21. The summed E-state index contributed by atoms with van der Waals surface area (Å²) in [5.41, 5.74) is 0. The normalized spacial score (nSPS) is 12.5. The Morgan fingerprint density at radius 1 is 1.43 bits per heavy atom. The third-order valence-corrected chi connectivity index (χ3v) is 5.84. The maximum atomic E-state index is 12.4. The van der Waals surface area contributed by atoms with Crippen LogP contribution < -0.4 is 5.32 Å². The largest absolute Gasteiger partial charge is 0.377 e. The highest BCUT2D eigenvalue weighted by atomic mass is 32.2. The lowest BCUT2D eigenvalue weighted by Gasteiger charge is -2.17. The smallest absolute Gasteiger partial charge is 0.243 e. The molecule has 0 aromatic carbocycles. The summed E-state index contributed by atoms with van der Waals surface area (Å²) in [6.45, 7) is 8.39. The summed E-state index contributed by atoms with van der Waals surface area (Å²) < 4.78 is 31.6. The molecule has 0 radical (unpaired) electrons. The van der Waals surface area contributed by atoms with Crippen molar-refractivity contribution in [3.63, 3.8) is 0 Å². The number of nitrogens with one attached hydrogen (secondary N) is 1. The van der Waals surface area contributed by atoms with Gasteiger partial charge in [0.25, 0.3) is 0 Å². The van der Waals surface area contributed by atoms with Gasteiger partial charge in [-0.2, -0.15) is 4.31 Å². The molecule has 0 spiro atoms. The van der Waals surface area contributed by atoms with Crippen molar-refractivity contribution in [2.24, 2.45) is 0 Å².